The minimum absolute atomic E-state index is 0.737. The van der Waals surface area contributed by atoms with Gasteiger partial charge in [0.15, 0.2) is 0 Å². The molecular formula is C15H30N2. The molecule has 1 saturated heterocycles. The first-order valence-electron chi connectivity index (χ1n) is 7.87. The molecule has 1 aliphatic heterocycles. The van der Waals surface area contributed by atoms with Gasteiger partial charge in [0, 0.05) is 18.6 Å². The number of nitrogens with one attached hydrogen (secondary N) is 2. The second kappa shape index (κ2) is 7.38. The summed E-state index contributed by atoms with van der Waals surface area (Å²) in [4.78, 5) is 0. The lowest BCUT2D eigenvalue weighted by Gasteiger charge is -2.32. The van der Waals surface area contributed by atoms with E-state index in [-0.39, 0.29) is 0 Å². The highest BCUT2D eigenvalue weighted by molar-refractivity contribution is 4.82. The molecule has 2 unspecified atom stereocenters. The van der Waals surface area contributed by atoms with Crippen LogP contribution in [0.25, 0.3) is 0 Å². The van der Waals surface area contributed by atoms with E-state index in [0.717, 1.165) is 18.0 Å². The normalized spacial score (nSPS) is 29.1. The molecule has 1 heterocycles. The maximum Gasteiger partial charge on any atom is 0.0192 e. The van der Waals surface area contributed by atoms with E-state index < -0.39 is 0 Å². The van der Waals surface area contributed by atoms with Gasteiger partial charge >= 0.3 is 0 Å². The average molecular weight is 238 g/mol. The highest BCUT2D eigenvalue weighted by Gasteiger charge is 2.23. The van der Waals surface area contributed by atoms with Gasteiger partial charge < -0.3 is 10.6 Å². The predicted molar refractivity (Wildman–Crippen MR) is 74.3 cm³/mol. The number of piperidine rings is 1. The van der Waals surface area contributed by atoms with Crippen LogP contribution in [-0.2, 0) is 0 Å². The van der Waals surface area contributed by atoms with Crippen LogP contribution >= 0.6 is 0 Å². The van der Waals surface area contributed by atoms with Gasteiger partial charge in [-0.05, 0) is 44.6 Å². The molecule has 0 aromatic heterocycles. The average Bonchev–Trinajstić information content (AvgIpc) is 2.42. The predicted octanol–water partition coefficient (Wildman–Crippen LogP) is 3.08. The SMILES string of the molecule is CCC(NCC1CCCCN1)C1CCCCC1. The second-order valence-electron chi connectivity index (χ2n) is 5.97. The van der Waals surface area contributed by atoms with Crippen molar-refractivity contribution in [2.45, 2.75) is 76.8 Å². The highest BCUT2D eigenvalue weighted by Crippen LogP contribution is 2.27. The van der Waals surface area contributed by atoms with E-state index in [1.807, 2.05) is 0 Å². The van der Waals surface area contributed by atoms with Crippen molar-refractivity contribution in [1.29, 1.82) is 0 Å². The Balaban J connectivity index is 1.70. The number of hydrogen-bond donors (Lipinski definition) is 2. The molecule has 0 radical (unpaired) electrons. The first kappa shape index (κ1) is 13.4. The zero-order valence-corrected chi connectivity index (χ0v) is 11.5. The molecular weight excluding hydrogens is 208 g/mol. The summed E-state index contributed by atoms with van der Waals surface area (Å²) < 4.78 is 0. The van der Waals surface area contributed by atoms with Gasteiger partial charge in [-0.15, -0.1) is 0 Å². The van der Waals surface area contributed by atoms with Gasteiger partial charge in [0.05, 0.1) is 0 Å². The van der Waals surface area contributed by atoms with E-state index in [2.05, 4.69) is 17.6 Å². The molecule has 100 valence electrons. The van der Waals surface area contributed by atoms with Crippen molar-refractivity contribution in [3.63, 3.8) is 0 Å². The highest BCUT2D eigenvalue weighted by atomic mass is 15.0. The number of rotatable bonds is 5. The molecule has 2 atom stereocenters. The Bertz CT molecular complexity index is 193. The third kappa shape index (κ3) is 4.26. The Labute approximate surface area is 107 Å². The maximum atomic E-state index is 3.85. The van der Waals surface area contributed by atoms with Crippen LogP contribution in [0.5, 0.6) is 0 Å². The monoisotopic (exact) mass is 238 g/mol. The molecule has 0 spiro atoms. The molecule has 0 aromatic rings. The molecule has 2 nitrogen and oxygen atoms in total. The molecule has 2 rings (SSSR count). The van der Waals surface area contributed by atoms with Gasteiger partial charge in [0.25, 0.3) is 0 Å². The zero-order valence-electron chi connectivity index (χ0n) is 11.5. The molecule has 2 aliphatic rings. The standard InChI is InChI=1S/C15H30N2/c1-2-15(13-8-4-3-5-9-13)17-12-14-10-6-7-11-16-14/h13-17H,2-12H2,1H3. The topological polar surface area (TPSA) is 24.1 Å². The van der Waals surface area contributed by atoms with E-state index in [1.165, 1.54) is 70.9 Å². The van der Waals surface area contributed by atoms with Gasteiger partial charge in [-0.2, -0.15) is 0 Å². The van der Waals surface area contributed by atoms with E-state index >= 15 is 0 Å². The van der Waals surface area contributed by atoms with Crippen LogP contribution in [0.2, 0.25) is 0 Å². The lowest BCUT2D eigenvalue weighted by atomic mass is 9.83. The summed E-state index contributed by atoms with van der Waals surface area (Å²) in [5, 5.41) is 7.49. The second-order valence-corrected chi connectivity index (χ2v) is 5.97. The van der Waals surface area contributed by atoms with Gasteiger partial charge in [0.2, 0.25) is 0 Å². The Kier molecular flexibility index (Phi) is 5.79. The van der Waals surface area contributed by atoms with Gasteiger partial charge in [-0.1, -0.05) is 32.6 Å². The zero-order chi connectivity index (χ0) is 11.9. The first-order chi connectivity index (χ1) is 8.40. The van der Waals surface area contributed by atoms with Crippen LogP contribution in [0.4, 0.5) is 0 Å². The Morgan fingerprint density at radius 3 is 2.47 bits per heavy atom. The van der Waals surface area contributed by atoms with Gasteiger partial charge in [-0.25, -0.2) is 0 Å². The fourth-order valence-electron chi connectivity index (χ4n) is 3.57. The molecule has 17 heavy (non-hydrogen) atoms. The Morgan fingerprint density at radius 2 is 1.82 bits per heavy atom. The summed E-state index contributed by atoms with van der Waals surface area (Å²) in [6, 6.07) is 1.51. The fourth-order valence-corrected chi connectivity index (χ4v) is 3.57. The third-order valence-electron chi connectivity index (χ3n) is 4.70. The van der Waals surface area contributed by atoms with Crippen molar-refractivity contribution in [3.8, 4) is 0 Å². The van der Waals surface area contributed by atoms with E-state index in [9.17, 15) is 0 Å². The van der Waals surface area contributed by atoms with Crippen molar-refractivity contribution >= 4 is 0 Å². The maximum absolute atomic E-state index is 3.85. The minimum Gasteiger partial charge on any atom is -0.313 e. The third-order valence-corrected chi connectivity index (χ3v) is 4.70. The van der Waals surface area contributed by atoms with Gasteiger partial charge in [0.1, 0.15) is 0 Å². The molecule has 0 aromatic carbocycles. The quantitative estimate of drug-likeness (QED) is 0.769. The van der Waals surface area contributed by atoms with E-state index in [1.54, 1.807) is 0 Å². The first-order valence-corrected chi connectivity index (χ1v) is 7.87. The van der Waals surface area contributed by atoms with Gasteiger partial charge in [-0.3, -0.25) is 0 Å². The fraction of sp³-hybridized carbons (Fsp3) is 1.00. The molecule has 1 aliphatic carbocycles. The van der Waals surface area contributed by atoms with Crippen LogP contribution in [0.3, 0.4) is 0 Å². The minimum atomic E-state index is 0.737. The van der Waals surface area contributed by atoms with Crippen LogP contribution in [0, 0.1) is 5.92 Å². The van der Waals surface area contributed by atoms with Crippen LogP contribution in [0.1, 0.15) is 64.7 Å². The van der Waals surface area contributed by atoms with Crippen molar-refractivity contribution in [2.75, 3.05) is 13.1 Å². The molecule has 2 heteroatoms. The summed E-state index contributed by atoms with van der Waals surface area (Å²) in [6.07, 6.45) is 12.8. The summed E-state index contributed by atoms with van der Waals surface area (Å²) in [6.45, 7) is 4.77. The summed E-state index contributed by atoms with van der Waals surface area (Å²) >= 11 is 0. The Hall–Kier alpha value is -0.0800. The molecule has 1 saturated carbocycles. The summed E-state index contributed by atoms with van der Waals surface area (Å²) in [7, 11) is 0. The summed E-state index contributed by atoms with van der Waals surface area (Å²) in [5.74, 6) is 0.956. The molecule has 2 N–H and O–H groups in total. The lowest BCUT2D eigenvalue weighted by Crippen LogP contribution is -2.46. The Morgan fingerprint density at radius 1 is 1.06 bits per heavy atom. The van der Waals surface area contributed by atoms with E-state index in [4.69, 9.17) is 0 Å². The lowest BCUT2D eigenvalue weighted by molar-refractivity contribution is 0.250. The van der Waals surface area contributed by atoms with E-state index in [0.29, 0.717) is 0 Å². The smallest absolute Gasteiger partial charge is 0.0192 e. The van der Waals surface area contributed by atoms with Crippen LogP contribution in [-0.4, -0.2) is 25.2 Å². The number of hydrogen-bond acceptors (Lipinski definition) is 2. The molecule has 2 fully saturated rings. The van der Waals surface area contributed by atoms with Crippen molar-refractivity contribution < 1.29 is 0 Å². The largest absolute Gasteiger partial charge is 0.313 e. The molecule has 0 bridgehead atoms. The van der Waals surface area contributed by atoms with Crippen molar-refractivity contribution in [1.82, 2.24) is 10.6 Å². The van der Waals surface area contributed by atoms with Crippen molar-refractivity contribution in [2.24, 2.45) is 5.92 Å². The summed E-state index contributed by atoms with van der Waals surface area (Å²) in [5.41, 5.74) is 0. The van der Waals surface area contributed by atoms with Crippen molar-refractivity contribution in [3.05, 3.63) is 0 Å². The van der Waals surface area contributed by atoms with Crippen LogP contribution in [0.15, 0.2) is 0 Å². The molecule has 0 amide bonds. The van der Waals surface area contributed by atoms with Crippen LogP contribution < -0.4 is 10.6 Å².